The molecule has 1 aromatic heterocycles. The maximum Gasteiger partial charge on any atom is 0.267 e. The van der Waals surface area contributed by atoms with E-state index in [0.29, 0.717) is 11.3 Å². The molecule has 0 saturated carbocycles. The van der Waals surface area contributed by atoms with E-state index in [1.807, 2.05) is 24.3 Å². The zero-order valence-corrected chi connectivity index (χ0v) is 8.32. The number of nitrogens with zero attached hydrogens (tertiary/aromatic N) is 1. The fourth-order valence-corrected chi connectivity index (χ4v) is 1.52. The van der Waals surface area contributed by atoms with E-state index in [9.17, 15) is 4.79 Å². The second kappa shape index (κ2) is 3.67. The summed E-state index contributed by atoms with van der Waals surface area (Å²) in [4.78, 5) is 15.7. The number of rotatable bonds is 1. The Hall–Kier alpha value is -1.94. The van der Waals surface area contributed by atoms with Gasteiger partial charge in [0.15, 0.2) is 0 Å². The summed E-state index contributed by atoms with van der Waals surface area (Å²) in [6.45, 7) is 1.79. The average Bonchev–Trinajstić information content (AvgIpc) is 2.27. The first-order chi connectivity index (χ1) is 7.22. The van der Waals surface area contributed by atoms with Gasteiger partial charge in [-0.15, -0.1) is 0 Å². The molecule has 0 radical (unpaired) electrons. The standard InChI is InChI=1S/C11H11N3O/c1-7-9(11(15)14-12)6-8-4-2-3-5-10(8)13-7/h2-6H,12H2,1H3,(H,14,15). The quantitative estimate of drug-likeness (QED) is 0.413. The number of amides is 1. The van der Waals surface area contributed by atoms with Crippen molar-refractivity contribution in [3.63, 3.8) is 0 Å². The van der Waals surface area contributed by atoms with E-state index in [1.54, 1.807) is 13.0 Å². The molecule has 4 nitrogen and oxygen atoms in total. The number of pyridine rings is 1. The van der Waals surface area contributed by atoms with Crippen molar-refractivity contribution in [3.05, 3.63) is 41.6 Å². The van der Waals surface area contributed by atoms with Crippen molar-refractivity contribution >= 4 is 16.8 Å². The van der Waals surface area contributed by atoms with E-state index in [-0.39, 0.29) is 5.91 Å². The third kappa shape index (κ3) is 1.67. The second-order valence-corrected chi connectivity index (χ2v) is 3.29. The Balaban J connectivity index is 2.67. The number of benzene rings is 1. The van der Waals surface area contributed by atoms with Crippen LogP contribution in [0.4, 0.5) is 0 Å². The number of aryl methyl sites for hydroxylation is 1. The highest BCUT2D eigenvalue weighted by Gasteiger charge is 2.09. The minimum absolute atomic E-state index is 0.314. The predicted molar refractivity (Wildman–Crippen MR) is 58.1 cm³/mol. The van der Waals surface area contributed by atoms with Gasteiger partial charge in [-0.25, -0.2) is 5.84 Å². The van der Waals surface area contributed by atoms with Gasteiger partial charge in [-0.2, -0.15) is 0 Å². The molecular formula is C11H11N3O. The van der Waals surface area contributed by atoms with Gasteiger partial charge in [-0.1, -0.05) is 18.2 Å². The molecule has 0 aliphatic heterocycles. The molecule has 0 fully saturated rings. The summed E-state index contributed by atoms with van der Waals surface area (Å²) >= 11 is 0. The zero-order chi connectivity index (χ0) is 10.8. The monoisotopic (exact) mass is 201 g/mol. The minimum atomic E-state index is -0.314. The first-order valence-electron chi connectivity index (χ1n) is 4.59. The molecule has 0 unspecified atom stereocenters. The topological polar surface area (TPSA) is 68.0 Å². The fourth-order valence-electron chi connectivity index (χ4n) is 1.52. The summed E-state index contributed by atoms with van der Waals surface area (Å²) in [6.07, 6.45) is 0. The molecule has 0 bridgehead atoms. The van der Waals surface area contributed by atoms with E-state index >= 15 is 0 Å². The lowest BCUT2D eigenvalue weighted by atomic mass is 10.1. The van der Waals surface area contributed by atoms with Crippen LogP contribution in [0.15, 0.2) is 30.3 Å². The molecule has 0 atom stereocenters. The summed E-state index contributed by atoms with van der Waals surface area (Å²) in [5.74, 6) is 4.78. The van der Waals surface area contributed by atoms with E-state index in [0.717, 1.165) is 10.9 Å². The molecule has 1 heterocycles. The Morgan fingerprint density at radius 1 is 1.40 bits per heavy atom. The minimum Gasteiger partial charge on any atom is -0.290 e. The predicted octanol–water partition coefficient (Wildman–Crippen LogP) is 1.15. The van der Waals surface area contributed by atoms with Gasteiger partial charge in [-0.05, 0) is 19.1 Å². The second-order valence-electron chi connectivity index (χ2n) is 3.29. The molecule has 0 saturated heterocycles. The molecule has 1 amide bonds. The molecule has 1 aromatic carbocycles. The Morgan fingerprint density at radius 2 is 2.13 bits per heavy atom. The first-order valence-corrected chi connectivity index (χ1v) is 4.59. The number of carbonyl (C=O) groups is 1. The van der Waals surface area contributed by atoms with Crippen molar-refractivity contribution in [2.75, 3.05) is 0 Å². The largest absolute Gasteiger partial charge is 0.290 e. The van der Waals surface area contributed by atoms with Crippen molar-refractivity contribution in [3.8, 4) is 0 Å². The molecule has 2 aromatic rings. The summed E-state index contributed by atoms with van der Waals surface area (Å²) < 4.78 is 0. The highest BCUT2D eigenvalue weighted by Crippen LogP contribution is 2.15. The first kappa shape index (κ1) is 9.61. The number of hydrogen-bond acceptors (Lipinski definition) is 3. The van der Waals surface area contributed by atoms with Gasteiger partial charge < -0.3 is 0 Å². The van der Waals surface area contributed by atoms with Gasteiger partial charge >= 0.3 is 0 Å². The van der Waals surface area contributed by atoms with Crippen LogP contribution in [0.2, 0.25) is 0 Å². The normalized spacial score (nSPS) is 10.3. The van der Waals surface area contributed by atoms with Crippen LogP contribution in [0, 0.1) is 6.92 Å². The smallest absolute Gasteiger partial charge is 0.267 e. The number of nitrogens with one attached hydrogen (secondary N) is 1. The van der Waals surface area contributed by atoms with Gasteiger partial charge in [0, 0.05) is 5.39 Å². The molecule has 0 spiro atoms. The summed E-state index contributed by atoms with van der Waals surface area (Å²) in [5.41, 5.74) is 4.17. The van der Waals surface area contributed by atoms with Gasteiger partial charge in [0.05, 0.1) is 16.8 Å². The maximum absolute atomic E-state index is 11.4. The number of aromatic nitrogens is 1. The number of para-hydroxylation sites is 1. The van der Waals surface area contributed by atoms with Crippen LogP contribution in [0.25, 0.3) is 10.9 Å². The van der Waals surface area contributed by atoms with Crippen molar-refractivity contribution in [1.29, 1.82) is 0 Å². The van der Waals surface area contributed by atoms with Crippen LogP contribution < -0.4 is 11.3 Å². The van der Waals surface area contributed by atoms with Crippen molar-refractivity contribution in [2.45, 2.75) is 6.92 Å². The van der Waals surface area contributed by atoms with E-state index in [1.165, 1.54) is 0 Å². The zero-order valence-electron chi connectivity index (χ0n) is 8.32. The van der Waals surface area contributed by atoms with E-state index in [2.05, 4.69) is 10.4 Å². The molecule has 4 heteroatoms. The maximum atomic E-state index is 11.4. The molecule has 2 rings (SSSR count). The lowest BCUT2D eigenvalue weighted by Crippen LogP contribution is -2.30. The Morgan fingerprint density at radius 3 is 2.87 bits per heavy atom. The third-order valence-corrected chi connectivity index (χ3v) is 2.29. The van der Waals surface area contributed by atoms with Crippen molar-refractivity contribution in [1.82, 2.24) is 10.4 Å². The Bertz CT molecular complexity index is 522. The van der Waals surface area contributed by atoms with Gasteiger partial charge in [0.25, 0.3) is 5.91 Å². The number of hydrogen-bond donors (Lipinski definition) is 2. The van der Waals surface area contributed by atoms with E-state index < -0.39 is 0 Å². The average molecular weight is 201 g/mol. The van der Waals surface area contributed by atoms with Gasteiger partial charge in [-0.3, -0.25) is 15.2 Å². The number of fused-ring (bicyclic) bond motifs is 1. The van der Waals surface area contributed by atoms with Crippen LogP contribution >= 0.6 is 0 Å². The molecule has 76 valence electrons. The van der Waals surface area contributed by atoms with Crippen LogP contribution in [-0.2, 0) is 0 Å². The molecule has 0 aliphatic rings. The molecule has 3 N–H and O–H groups in total. The molecule has 0 aliphatic carbocycles. The molecular weight excluding hydrogens is 190 g/mol. The van der Waals surface area contributed by atoms with Crippen LogP contribution in [0.5, 0.6) is 0 Å². The summed E-state index contributed by atoms with van der Waals surface area (Å²) in [6, 6.07) is 9.43. The van der Waals surface area contributed by atoms with Crippen molar-refractivity contribution < 1.29 is 4.79 Å². The molecule has 15 heavy (non-hydrogen) atoms. The fraction of sp³-hybridized carbons (Fsp3) is 0.0909. The summed E-state index contributed by atoms with van der Waals surface area (Å²) in [5, 5.41) is 0.932. The Kier molecular flexibility index (Phi) is 2.35. The summed E-state index contributed by atoms with van der Waals surface area (Å²) in [7, 11) is 0. The van der Waals surface area contributed by atoms with Crippen LogP contribution in [0.1, 0.15) is 16.1 Å². The third-order valence-electron chi connectivity index (χ3n) is 2.29. The van der Waals surface area contributed by atoms with Gasteiger partial charge in [0.1, 0.15) is 0 Å². The highest BCUT2D eigenvalue weighted by atomic mass is 16.2. The van der Waals surface area contributed by atoms with E-state index in [4.69, 9.17) is 5.84 Å². The SMILES string of the molecule is Cc1nc2ccccc2cc1C(=O)NN. The van der Waals surface area contributed by atoms with Gasteiger partial charge in [0.2, 0.25) is 0 Å². The van der Waals surface area contributed by atoms with Crippen LogP contribution in [-0.4, -0.2) is 10.9 Å². The lowest BCUT2D eigenvalue weighted by Gasteiger charge is -2.05. The Labute approximate surface area is 87.1 Å². The number of nitrogens with two attached hydrogens (primary N) is 1. The number of nitrogen functional groups attached to an aromatic ring is 1. The number of carbonyl (C=O) groups excluding carboxylic acids is 1. The van der Waals surface area contributed by atoms with Crippen LogP contribution in [0.3, 0.4) is 0 Å². The number of hydrazine groups is 1. The lowest BCUT2D eigenvalue weighted by molar-refractivity contribution is 0.0953. The van der Waals surface area contributed by atoms with Crippen molar-refractivity contribution in [2.24, 2.45) is 5.84 Å². The highest BCUT2D eigenvalue weighted by molar-refractivity contribution is 5.98.